The first kappa shape index (κ1) is 12.7. The molecular formula is C13H18ClN5. The highest BCUT2D eigenvalue weighted by Crippen LogP contribution is 2.25. The fraction of sp³-hybridized carbons (Fsp3) is 0.615. The van der Waals surface area contributed by atoms with Crippen molar-refractivity contribution >= 4 is 28.5 Å². The Morgan fingerprint density at radius 2 is 1.95 bits per heavy atom. The summed E-state index contributed by atoms with van der Waals surface area (Å²) >= 11 is 6.00. The molecule has 1 N–H and O–H groups in total. The molecule has 5 nitrogen and oxygen atoms in total. The first-order valence-corrected chi connectivity index (χ1v) is 7.23. The minimum atomic E-state index is 0.271. The van der Waals surface area contributed by atoms with E-state index in [1.807, 2.05) is 7.05 Å². The van der Waals surface area contributed by atoms with Crippen molar-refractivity contribution in [1.29, 1.82) is 0 Å². The third-order valence-corrected chi connectivity index (χ3v) is 3.93. The zero-order chi connectivity index (χ0) is 13.2. The molecule has 19 heavy (non-hydrogen) atoms. The van der Waals surface area contributed by atoms with Crippen LogP contribution in [0.5, 0.6) is 0 Å². The third-order valence-electron chi connectivity index (χ3n) is 3.76. The van der Waals surface area contributed by atoms with Gasteiger partial charge in [0.25, 0.3) is 0 Å². The highest BCUT2D eigenvalue weighted by Gasteiger charge is 2.16. The van der Waals surface area contributed by atoms with Crippen molar-refractivity contribution in [3.63, 3.8) is 0 Å². The van der Waals surface area contributed by atoms with Crippen LogP contribution < -0.4 is 5.32 Å². The van der Waals surface area contributed by atoms with E-state index in [1.54, 1.807) is 10.9 Å². The predicted octanol–water partition coefficient (Wildman–Crippen LogP) is 3.15. The van der Waals surface area contributed by atoms with Crippen molar-refractivity contribution in [2.75, 3.05) is 5.32 Å². The maximum atomic E-state index is 6.00. The van der Waals surface area contributed by atoms with Crippen molar-refractivity contribution < 1.29 is 0 Å². The number of hydrogen-bond donors (Lipinski definition) is 1. The highest BCUT2D eigenvalue weighted by atomic mass is 35.5. The Morgan fingerprint density at radius 3 is 2.68 bits per heavy atom. The van der Waals surface area contributed by atoms with E-state index in [0.29, 0.717) is 6.04 Å². The van der Waals surface area contributed by atoms with Crippen LogP contribution in [0.2, 0.25) is 5.28 Å². The first-order valence-electron chi connectivity index (χ1n) is 6.86. The summed E-state index contributed by atoms with van der Waals surface area (Å²) in [6.07, 6.45) is 9.44. The lowest BCUT2D eigenvalue weighted by molar-refractivity contribution is 0.618. The number of rotatable bonds is 2. The van der Waals surface area contributed by atoms with Crippen LogP contribution in [-0.4, -0.2) is 25.8 Å². The fourth-order valence-corrected chi connectivity index (χ4v) is 2.89. The minimum Gasteiger partial charge on any atom is -0.367 e. The Bertz CT molecular complexity index is 572. The largest absolute Gasteiger partial charge is 0.367 e. The molecule has 2 heterocycles. The van der Waals surface area contributed by atoms with Gasteiger partial charge in [0.15, 0.2) is 5.65 Å². The Hall–Kier alpha value is -1.36. The Kier molecular flexibility index (Phi) is 3.55. The molecule has 0 radical (unpaired) electrons. The number of aromatic nitrogens is 4. The second-order valence-electron chi connectivity index (χ2n) is 5.18. The van der Waals surface area contributed by atoms with Gasteiger partial charge in [-0.2, -0.15) is 15.1 Å². The summed E-state index contributed by atoms with van der Waals surface area (Å²) in [6.45, 7) is 0. The predicted molar refractivity (Wildman–Crippen MR) is 76.4 cm³/mol. The fourth-order valence-electron chi connectivity index (χ4n) is 2.72. The average Bonchev–Trinajstić information content (AvgIpc) is 2.62. The van der Waals surface area contributed by atoms with Gasteiger partial charge in [0.2, 0.25) is 5.28 Å². The standard InChI is InChI=1S/C13H18ClN5/c1-19-12-10(8-15-19)11(17-13(14)18-12)16-9-6-4-2-3-5-7-9/h8-9H,2-7H2,1H3,(H,16,17,18). The number of hydrogen-bond acceptors (Lipinski definition) is 4. The molecule has 1 aliphatic carbocycles. The molecule has 0 saturated heterocycles. The number of anilines is 1. The van der Waals surface area contributed by atoms with Gasteiger partial charge in [-0.25, -0.2) is 0 Å². The zero-order valence-corrected chi connectivity index (χ0v) is 11.8. The van der Waals surface area contributed by atoms with Gasteiger partial charge in [-0.15, -0.1) is 0 Å². The lowest BCUT2D eigenvalue weighted by atomic mass is 10.1. The van der Waals surface area contributed by atoms with Crippen molar-refractivity contribution in [2.45, 2.75) is 44.6 Å². The SMILES string of the molecule is Cn1ncc2c(NC3CCCCCC3)nc(Cl)nc21. The van der Waals surface area contributed by atoms with Crippen LogP contribution in [-0.2, 0) is 7.05 Å². The first-order chi connectivity index (χ1) is 9.24. The lowest BCUT2D eigenvalue weighted by Gasteiger charge is -2.17. The summed E-state index contributed by atoms with van der Waals surface area (Å²) in [5.41, 5.74) is 0.774. The molecule has 0 unspecified atom stereocenters. The van der Waals surface area contributed by atoms with Gasteiger partial charge in [0.05, 0.1) is 11.6 Å². The Morgan fingerprint density at radius 1 is 1.21 bits per heavy atom. The van der Waals surface area contributed by atoms with Crippen LogP contribution in [0, 0.1) is 0 Å². The lowest BCUT2D eigenvalue weighted by Crippen LogP contribution is -2.19. The summed E-state index contributed by atoms with van der Waals surface area (Å²) in [7, 11) is 1.86. The molecule has 0 aliphatic heterocycles. The minimum absolute atomic E-state index is 0.271. The molecule has 0 amide bonds. The molecule has 1 aliphatic rings. The molecule has 0 bridgehead atoms. The number of nitrogens with zero attached hydrogens (tertiary/aromatic N) is 4. The van der Waals surface area contributed by atoms with Crippen molar-refractivity contribution in [2.24, 2.45) is 7.05 Å². The van der Waals surface area contributed by atoms with Crippen molar-refractivity contribution in [3.05, 3.63) is 11.5 Å². The van der Waals surface area contributed by atoms with Gasteiger partial charge in [-0.05, 0) is 24.4 Å². The van der Waals surface area contributed by atoms with Gasteiger partial charge in [0.1, 0.15) is 5.82 Å². The second kappa shape index (κ2) is 5.33. The van der Waals surface area contributed by atoms with E-state index in [-0.39, 0.29) is 5.28 Å². The summed E-state index contributed by atoms with van der Waals surface area (Å²) in [5.74, 6) is 0.815. The monoisotopic (exact) mass is 279 g/mol. The molecule has 1 fully saturated rings. The molecule has 0 spiro atoms. The van der Waals surface area contributed by atoms with E-state index in [2.05, 4.69) is 20.4 Å². The zero-order valence-electron chi connectivity index (χ0n) is 11.1. The maximum absolute atomic E-state index is 6.00. The van der Waals surface area contributed by atoms with Gasteiger partial charge in [-0.1, -0.05) is 25.7 Å². The third kappa shape index (κ3) is 2.66. The number of nitrogens with one attached hydrogen (secondary N) is 1. The van der Waals surface area contributed by atoms with Crippen molar-refractivity contribution in [1.82, 2.24) is 19.7 Å². The highest BCUT2D eigenvalue weighted by molar-refractivity contribution is 6.28. The van der Waals surface area contributed by atoms with E-state index in [4.69, 9.17) is 11.6 Å². The van der Waals surface area contributed by atoms with Gasteiger partial charge in [-0.3, -0.25) is 4.68 Å². The van der Waals surface area contributed by atoms with Crippen LogP contribution in [0.15, 0.2) is 6.20 Å². The molecule has 6 heteroatoms. The van der Waals surface area contributed by atoms with E-state index >= 15 is 0 Å². The smallest absolute Gasteiger partial charge is 0.226 e. The Labute approximate surface area is 117 Å². The van der Waals surface area contributed by atoms with E-state index < -0.39 is 0 Å². The molecule has 2 aromatic rings. The molecule has 0 atom stereocenters. The number of halogens is 1. The summed E-state index contributed by atoms with van der Waals surface area (Å²) < 4.78 is 1.72. The van der Waals surface area contributed by atoms with Gasteiger partial charge in [0, 0.05) is 13.1 Å². The van der Waals surface area contributed by atoms with E-state index in [9.17, 15) is 0 Å². The number of aryl methyl sites for hydroxylation is 1. The van der Waals surface area contributed by atoms with Crippen molar-refractivity contribution in [3.8, 4) is 0 Å². The summed E-state index contributed by atoms with van der Waals surface area (Å²) in [4.78, 5) is 8.55. The molecular weight excluding hydrogens is 262 g/mol. The Balaban J connectivity index is 1.91. The topological polar surface area (TPSA) is 55.6 Å². The number of fused-ring (bicyclic) bond motifs is 1. The van der Waals surface area contributed by atoms with Crippen LogP contribution >= 0.6 is 11.6 Å². The van der Waals surface area contributed by atoms with Crippen LogP contribution in [0.3, 0.4) is 0 Å². The molecule has 1 saturated carbocycles. The molecule has 3 rings (SSSR count). The maximum Gasteiger partial charge on any atom is 0.226 e. The summed E-state index contributed by atoms with van der Waals surface area (Å²) in [6, 6.07) is 0.483. The summed E-state index contributed by atoms with van der Waals surface area (Å²) in [5, 5.41) is 8.97. The normalized spacial score (nSPS) is 17.6. The van der Waals surface area contributed by atoms with Crippen LogP contribution in [0.4, 0.5) is 5.82 Å². The van der Waals surface area contributed by atoms with Crippen LogP contribution in [0.25, 0.3) is 11.0 Å². The quantitative estimate of drug-likeness (QED) is 0.678. The average molecular weight is 280 g/mol. The molecule has 102 valence electrons. The second-order valence-corrected chi connectivity index (χ2v) is 5.52. The molecule has 0 aromatic carbocycles. The van der Waals surface area contributed by atoms with E-state index in [1.165, 1.54) is 38.5 Å². The van der Waals surface area contributed by atoms with Gasteiger partial charge < -0.3 is 5.32 Å². The van der Waals surface area contributed by atoms with Gasteiger partial charge >= 0.3 is 0 Å². The molecule has 2 aromatic heterocycles. The van der Waals surface area contributed by atoms with Crippen LogP contribution in [0.1, 0.15) is 38.5 Å². The van der Waals surface area contributed by atoms with E-state index in [0.717, 1.165) is 16.9 Å².